The first-order chi connectivity index (χ1) is 19.3. The molecule has 12 heteroatoms. The van der Waals surface area contributed by atoms with Crippen LogP contribution in [0, 0.1) is 11.6 Å². The molecule has 0 spiro atoms. The molecule has 0 saturated heterocycles. The lowest BCUT2D eigenvalue weighted by molar-refractivity contribution is -0.130. The first kappa shape index (κ1) is 27.4. The zero-order valence-electron chi connectivity index (χ0n) is 21.9. The van der Waals surface area contributed by atoms with E-state index in [9.17, 15) is 18.4 Å². The number of benzene rings is 1. The first-order valence-electron chi connectivity index (χ1n) is 12.6. The van der Waals surface area contributed by atoms with Gasteiger partial charge in [0.1, 0.15) is 5.75 Å². The number of carbonyl (C=O) groups is 2. The van der Waals surface area contributed by atoms with E-state index in [4.69, 9.17) is 9.47 Å². The van der Waals surface area contributed by atoms with Crippen molar-refractivity contribution in [3.63, 3.8) is 0 Å². The predicted octanol–water partition coefficient (Wildman–Crippen LogP) is 5.71. The molecule has 2 N–H and O–H groups in total. The van der Waals surface area contributed by atoms with E-state index in [1.54, 1.807) is 24.3 Å². The highest BCUT2D eigenvalue weighted by Crippen LogP contribution is 2.39. The minimum atomic E-state index is -1.21. The van der Waals surface area contributed by atoms with Crippen molar-refractivity contribution in [2.75, 3.05) is 25.6 Å². The molecule has 3 amide bonds. The van der Waals surface area contributed by atoms with Gasteiger partial charge in [-0.1, -0.05) is 6.07 Å². The van der Waals surface area contributed by atoms with Gasteiger partial charge in [-0.25, -0.2) is 9.18 Å². The molecule has 3 aromatic heterocycles. The fourth-order valence-electron chi connectivity index (χ4n) is 3.95. The quantitative estimate of drug-likeness (QED) is 0.254. The highest BCUT2D eigenvalue weighted by Gasteiger charge is 2.24. The van der Waals surface area contributed by atoms with Gasteiger partial charge in [-0.15, -0.1) is 11.3 Å². The van der Waals surface area contributed by atoms with Crippen molar-refractivity contribution in [2.45, 2.75) is 32.4 Å². The van der Waals surface area contributed by atoms with Gasteiger partial charge in [0.05, 0.1) is 33.1 Å². The molecule has 0 aliphatic heterocycles. The summed E-state index contributed by atoms with van der Waals surface area (Å²) >= 11 is 1.35. The second-order valence-corrected chi connectivity index (χ2v) is 10.4. The Bertz CT molecular complexity index is 1540. The number of halogens is 2. The maximum absolute atomic E-state index is 14.9. The van der Waals surface area contributed by atoms with E-state index in [0.717, 1.165) is 23.3 Å². The van der Waals surface area contributed by atoms with E-state index in [0.29, 0.717) is 41.4 Å². The number of amides is 3. The monoisotopic (exact) mass is 567 g/mol. The van der Waals surface area contributed by atoms with Gasteiger partial charge >= 0.3 is 6.03 Å². The van der Waals surface area contributed by atoms with E-state index >= 15 is 0 Å². The summed E-state index contributed by atoms with van der Waals surface area (Å²) in [5, 5.41) is 4.99. The topological polar surface area (TPSA) is 106 Å². The van der Waals surface area contributed by atoms with Gasteiger partial charge in [0.2, 0.25) is 11.7 Å². The van der Waals surface area contributed by atoms with Gasteiger partial charge in [0, 0.05) is 51.6 Å². The lowest BCUT2D eigenvalue weighted by Gasteiger charge is -2.20. The summed E-state index contributed by atoms with van der Waals surface area (Å²) in [5.74, 6) is -2.49. The molecule has 0 atom stereocenters. The number of anilines is 1. The van der Waals surface area contributed by atoms with Crippen molar-refractivity contribution in [1.29, 1.82) is 0 Å². The number of ether oxygens (including phenoxy) is 2. The Kier molecular flexibility index (Phi) is 8.17. The number of pyridine rings is 2. The Labute approximate surface area is 233 Å². The Hall–Kier alpha value is -4.16. The molecule has 1 aliphatic rings. The molecular formula is C28H27F2N5O4S. The van der Waals surface area contributed by atoms with Crippen LogP contribution >= 0.6 is 11.3 Å². The van der Waals surface area contributed by atoms with E-state index in [2.05, 4.69) is 20.6 Å². The number of aromatic nitrogens is 2. The van der Waals surface area contributed by atoms with Gasteiger partial charge in [-0.2, -0.15) is 4.39 Å². The summed E-state index contributed by atoms with van der Waals surface area (Å²) in [6.07, 6.45) is 4.98. The Balaban J connectivity index is 1.33. The third-order valence-electron chi connectivity index (χ3n) is 6.26. The summed E-state index contributed by atoms with van der Waals surface area (Å²) in [5.41, 5.74) is 1.91. The Morgan fingerprint density at radius 2 is 1.93 bits per heavy atom. The largest absolute Gasteiger partial charge is 0.453 e. The molecule has 0 radical (unpaired) electrons. The standard InChI is InChI=1S/C28H27F2N5O4S/c1-16(36)35(11-12-38-2)15-17-3-6-19(32-14-17)24-13-21-27(40-24)23(9-10-31-21)39-22-8-7-20(25(29)26(22)30)34-28(37)33-18-4-5-18/h3,6-10,13-14,18H,4-5,11-12,15H2,1-2H3,(H2,33,34,37). The van der Waals surface area contributed by atoms with E-state index in [-0.39, 0.29) is 23.4 Å². The van der Waals surface area contributed by atoms with Crippen molar-refractivity contribution in [2.24, 2.45) is 0 Å². The zero-order chi connectivity index (χ0) is 28.2. The van der Waals surface area contributed by atoms with Gasteiger partial charge in [0.25, 0.3) is 0 Å². The van der Waals surface area contributed by atoms with Gasteiger partial charge in [-0.05, 0) is 42.7 Å². The molecule has 1 aromatic carbocycles. The van der Waals surface area contributed by atoms with Crippen molar-refractivity contribution in [3.05, 3.63) is 66.0 Å². The summed E-state index contributed by atoms with van der Waals surface area (Å²) in [6.45, 7) is 2.86. The number of nitrogens with zero attached hydrogens (tertiary/aromatic N) is 3. The number of hydrogen-bond acceptors (Lipinski definition) is 7. The lowest BCUT2D eigenvalue weighted by atomic mass is 10.2. The molecule has 4 aromatic rings. The number of rotatable bonds is 10. The van der Waals surface area contributed by atoms with Crippen LogP contribution < -0.4 is 15.4 Å². The second kappa shape index (κ2) is 11.9. The zero-order valence-corrected chi connectivity index (χ0v) is 22.7. The Morgan fingerprint density at radius 3 is 2.62 bits per heavy atom. The van der Waals surface area contributed by atoms with E-state index in [1.165, 1.54) is 36.6 Å². The van der Waals surface area contributed by atoms with Crippen LogP contribution in [-0.4, -0.2) is 53.1 Å². The van der Waals surface area contributed by atoms with Gasteiger partial charge < -0.3 is 25.0 Å². The molecule has 0 bridgehead atoms. The number of urea groups is 1. The fourth-order valence-corrected chi connectivity index (χ4v) is 4.99. The third-order valence-corrected chi connectivity index (χ3v) is 7.43. The molecule has 1 fully saturated rings. The SMILES string of the molecule is COCCN(Cc1ccc(-c2cc3nccc(Oc4ccc(NC(=O)NC5CC5)c(F)c4F)c3s2)nc1)C(C)=O. The summed E-state index contributed by atoms with van der Waals surface area (Å²) in [7, 11) is 1.59. The average molecular weight is 568 g/mol. The molecule has 1 saturated carbocycles. The number of thiophene rings is 1. The van der Waals surface area contributed by atoms with Crippen LogP contribution in [-0.2, 0) is 16.1 Å². The first-order valence-corrected chi connectivity index (χ1v) is 13.5. The number of fused-ring (bicyclic) bond motifs is 1. The van der Waals surface area contributed by atoms with Crippen LogP contribution in [0.3, 0.4) is 0 Å². The fraction of sp³-hybridized carbons (Fsp3) is 0.286. The molecule has 5 rings (SSSR count). The number of carbonyl (C=O) groups excluding carboxylic acids is 2. The van der Waals surface area contributed by atoms with Crippen LogP contribution in [0.4, 0.5) is 19.3 Å². The minimum Gasteiger partial charge on any atom is -0.453 e. The van der Waals surface area contributed by atoms with Crippen LogP contribution in [0.25, 0.3) is 20.8 Å². The summed E-state index contributed by atoms with van der Waals surface area (Å²) in [6, 6.07) is 9.20. The Morgan fingerprint density at radius 1 is 1.10 bits per heavy atom. The van der Waals surface area contributed by atoms with Crippen molar-refractivity contribution >= 4 is 39.2 Å². The maximum Gasteiger partial charge on any atom is 0.319 e. The summed E-state index contributed by atoms with van der Waals surface area (Å²) < 4.78 is 41.0. The minimum absolute atomic E-state index is 0.0504. The van der Waals surface area contributed by atoms with Gasteiger partial charge in [-0.3, -0.25) is 14.8 Å². The lowest BCUT2D eigenvalue weighted by Crippen LogP contribution is -2.31. The average Bonchev–Trinajstić information content (AvgIpc) is 3.64. The second-order valence-electron chi connectivity index (χ2n) is 9.33. The van der Waals surface area contributed by atoms with Crippen LogP contribution in [0.15, 0.2) is 48.8 Å². The molecule has 208 valence electrons. The summed E-state index contributed by atoms with van der Waals surface area (Å²) in [4.78, 5) is 35.3. The predicted molar refractivity (Wildman–Crippen MR) is 147 cm³/mol. The van der Waals surface area contributed by atoms with Crippen molar-refractivity contribution in [3.8, 4) is 22.1 Å². The van der Waals surface area contributed by atoms with Crippen molar-refractivity contribution < 1.29 is 27.8 Å². The van der Waals surface area contributed by atoms with Crippen LogP contribution in [0.1, 0.15) is 25.3 Å². The number of nitrogens with one attached hydrogen (secondary N) is 2. The molecule has 40 heavy (non-hydrogen) atoms. The molecule has 1 aliphatic carbocycles. The highest BCUT2D eigenvalue weighted by molar-refractivity contribution is 7.22. The van der Waals surface area contributed by atoms with Crippen LogP contribution in [0.2, 0.25) is 0 Å². The van der Waals surface area contributed by atoms with E-state index in [1.807, 2.05) is 18.2 Å². The molecule has 9 nitrogen and oxygen atoms in total. The molecule has 3 heterocycles. The maximum atomic E-state index is 14.9. The smallest absolute Gasteiger partial charge is 0.319 e. The molecule has 0 unspecified atom stereocenters. The highest BCUT2D eigenvalue weighted by atomic mass is 32.1. The van der Waals surface area contributed by atoms with E-state index < -0.39 is 17.7 Å². The molecular weight excluding hydrogens is 540 g/mol. The van der Waals surface area contributed by atoms with Crippen molar-refractivity contribution in [1.82, 2.24) is 20.2 Å². The van der Waals surface area contributed by atoms with Crippen LogP contribution in [0.5, 0.6) is 11.5 Å². The third kappa shape index (κ3) is 6.35. The number of hydrogen-bond donors (Lipinski definition) is 2. The van der Waals surface area contributed by atoms with Gasteiger partial charge in [0.15, 0.2) is 11.6 Å². The number of methoxy groups -OCH3 is 1. The normalized spacial score (nSPS) is 12.8.